The Labute approximate surface area is 193 Å². The fourth-order valence-corrected chi connectivity index (χ4v) is 3.31. The Balaban J connectivity index is 1.52. The molecule has 10 heteroatoms. The van der Waals surface area contributed by atoms with Gasteiger partial charge < -0.3 is 15.8 Å². The van der Waals surface area contributed by atoms with Crippen LogP contribution in [0.3, 0.4) is 0 Å². The van der Waals surface area contributed by atoms with Crippen molar-refractivity contribution in [2.24, 2.45) is 16.6 Å². The number of guanidine groups is 1. The molecule has 33 heavy (non-hydrogen) atoms. The summed E-state index contributed by atoms with van der Waals surface area (Å²) in [5.74, 6) is -1.97. The van der Waals surface area contributed by atoms with Crippen LogP contribution < -0.4 is 15.8 Å². The van der Waals surface area contributed by atoms with Crippen LogP contribution in [0.1, 0.15) is 5.56 Å². The molecule has 1 aliphatic heterocycles. The Kier molecular flexibility index (Phi) is 6.50. The van der Waals surface area contributed by atoms with Gasteiger partial charge in [0.2, 0.25) is 29.6 Å². The van der Waals surface area contributed by atoms with Gasteiger partial charge in [0.15, 0.2) is 0 Å². The average Bonchev–Trinajstić information content (AvgIpc) is 2.78. The van der Waals surface area contributed by atoms with Gasteiger partial charge in [-0.2, -0.15) is 9.37 Å². The molecule has 1 aliphatic rings. The standard InChI is InChI=1S/C23H19ClFN5O3/c24-15-6-4-14(5-7-15)13-30-22(32)18(21(26)31)12-27-23(30)28-16-8-10-17(11-9-16)33-20-3-1-2-19(25)29-20/h1-11,18H,12-13H2,(H2,26,31)(H,27,28). The molecule has 0 saturated carbocycles. The van der Waals surface area contributed by atoms with E-state index in [9.17, 15) is 14.0 Å². The van der Waals surface area contributed by atoms with Crippen LogP contribution in [0.2, 0.25) is 5.02 Å². The van der Waals surface area contributed by atoms with Crippen LogP contribution in [0.25, 0.3) is 0 Å². The minimum Gasteiger partial charge on any atom is -0.439 e. The lowest BCUT2D eigenvalue weighted by molar-refractivity contribution is -0.138. The molecular weight excluding hydrogens is 449 g/mol. The number of amides is 2. The summed E-state index contributed by atoms with van der Waals surface area (Å²) in [6.07, 6.45) is 0. The van der Waals surface area contributed by atoms with Gasteiger partial charge in [-0.1, -0.05) is 29.8 Å². The quantitative estimate of drug-likeness (QED) is 0.425. The van der Waals surface area contributed by atoms with E-state index in [0.717, 1.165) is 5.56 Å². The molecule has 0 saturated heterocycles. The lowest BCUT2D eigenvalue weighted by Gasteiger charge is -2.31. The summed E-state index contributed by atoms with van der Waals surface area (Å²) in [5, 5.41) is 3.67. The number of nitrogens with two attached hydrogens (primary N) is 1. The van der Waals surface area contributed by atoms with Crippen LogP contribution in [0, 0.1) is 11.9 Å². The van der Waals surface area contributed by atoms with E-state index in [4.69, 9.17) is 22.1 Å². The highest BCUT2D eigenvalue weighted by atomic mass is 35.5. The first kappa shape index (κ1) is 22.2. The van der Waals surface area contributed by atoms with E-state index in [1.165, 1.54) is 17.0 Å². The maximum atomic E-state index is 13.2. The maximum Gasteiger partial charge on any atom is 0.244 e. The number of carbonyl (C=O) groups excluding carboxylic acids is 2. The number of aliphatic imine (C=N–C) groups is 1. The Hall–Kier alpha value is -3.98. The summed E-state index contributed by atoms with van der Waals surface area (Å²) in [4.78, 5) is 34.1. The summed E-state index contributed by atoms with van der Waals surface area (Å²) >= 11 is 5.94. The Morgan fingerprint density at radius 3 is 2.55 bits per heavy atom. The van der Waals surface area contributed by atoms with Crippen LogP contribution in [0.15, 0.2) is 71.7 Å². The van der Waals surface area contributed by atoms with Crippen molar-refractivity contribution in [3.63, 3.8) is 0 Å². The van der Waals surface area contributed by atoms with Crippen molar-refractivity contribution in [2.45, 2.75) is 6.54 Å². The van der Waals surface area contributed by atoms with E-state index in [1.54, 1.807) is 54.6 Å². The van der Waals surface area contributed by atoms with Gasteiger partial charge in [0.1, 0.15) is 11.7 Å². The Morgan fingerprint density at radius 2 is 1.88 bits per heavy atom. The minimum atomic E-state index is -1.03. The van der Waals surface area contributed by atoms with Gasteiger partial charge in [0.05, 0.1) is 13.1 Å². The van der Waals surface area contributed by atoms with Crippen LogP contribution in [0.5, 0.6) is 11.6 Å². The fourth-order valence-electron chi connectivity index (χ4n) is 3.18. The lowest BCUT2D eigenvalue weighted by Crippen LogP contribution is -2.51. The number of ether oxygens (including phenoxy) is 1. The highest BCUT2D eigenvalue weighted by Gasteiger charge is 2.35. The minimum absolute atomic E-state index is 0.0416. The number of halogens is 2. The van der Waals surface area contributed by atoms with Gasteiger partial charge in [-0.15, -0.1) is 0 Å². The third-order valence-corrected chi connectivity index (χ3v) is 5.12. The van der Waals surface area contributed by atoms with Gasteiger partial charge in [0, 0.05) is 16.8 Å². The first-order valence-electron chi connectivity index (χ1n) is 9.96. The molecule has 168 valence electrons. The number of anilines is 1. The molecule has 1 aromatic heterocycles. The first-order chi connectivity index (χ1) is 15.9. The first-order valence-corrected chi connectivity index (χ1v) is 10.3. The Morgan fingerprint density at radius 1 is 1.15 bits per heavy atom. The molecule has 1 atom stereocenters. The fraction of sp³-hybridized carbons (Fsp3) is 0.130. The van der Waals surface area contributed by atoms with Gasteiger partial charge in [-0.05, 0) is 48.0 Å². The molecule has 2 amide bonds. The van der Waals surface area contributed by atoms with Crippen molar-refractivity contribution in [2.75, 3.05) is 11.9 Å². The van der Waals surface area contributed by atoms with E-state index < -0.39 is 23.7 Å². The summed E-state index contributed by atoms with van der Waals surface area (Å²) in [6.45, 7) is 0.137. The van der Waals surface area contributed by atoms with Crippen LogP contribution in [-0.4, -0.2) is 34.2 Å². The molecule has 0 radical (unpaired) electrons. The second kappa shape index (κ2) is 9.66. The molecule has 0 aliphatic carbocycles. The number of rotatable bonds is 6. The molecule has 4 rings (SSSR count). The molecule has 0 spiro atoms. The van der Waals surface area contributed by atoms with Gasteiger partial charge >= 0.3 is 0 Å². The van der Waals surface area contributed by atoms with Crippen molar-refractivity contribution in [1.82, 2.24) is 9.88 Å². The van der Waals surface area contributed by atoms with Gasteiger partial charge in [0.25, 0.3) is 0 Å². The van der Waals surface area contributed by atoms with E-state index in [2.05, 4.69) is 15.3 Å². The van der Waals surface area contributed by atoms with Crippen LogP contribution in [0.4, 0.5) is 10.1 Å². The summed E-state index contributed by atoms with van der Waals surface area (Å²) < 4.78 is 18.8. The molecule has 2 aromatic carbocycles. The SMILES string of the molecule is NC(=O)C1CN=C(Nc2ccc(Oc3cccc(F)n3)cc2)N(Cc2ccc(Cl)cc2)C1=O. The number of nitrogens with zero attached hydrogens (tertiary/aromatic N) is 3. The number of hydrogen-bond acceptors (Lipinski definition) is 6. The molecule has 8 nitrogen and oxygen atoms in total. The number of nitrogens with one attached hydrogen (secondary N) is 1. The zero-order valence-electron chi connectivity index (χ0n) is 17.2. The molecular formula is C23H19ClFN5O3. The van der Waals surface area contributed by atoms with Gasteiger partial charge in [-0.3, -0.25) is 19.5 Å². The number of aromatic nitrogens is 1. The predicted molar refractivity (Wildman–Crippen MR) is 121 cm³/mol. The summed E-state index contributed by atoms with van der Waals surface area (Å²) in [5.41, 5.74) is 6.81. The Bertz CT molecular complexity index is 1200. The molecule has 0 bridgehead atoms. The second-order valence-corrected chi connectivity index (χ2v) is 7.66. The van der Waals surface area contributed by atoms with E-state index >= 15 is 0 Å². The monoisotopic (exact) mass is 467 g/mol. The zero-order chi connectivity index (χ0) is 23.4. The predicted octanol–water partition coefficient (Wildman–Crippen LogP) is 3.58. The third-order valence-electron chi connectivity index (χ3n) is 4.86. The average molecular weight is 468 g/mol. The number of primary amides is 1. The highest BCUT2D eigenvalue weighted by Crippen LogP contribution is 2.23. The molecule has 1 unspecified atom stereocenters. The van der Waals surface area contributed by atoms with E-state index in [0.29, 0.717) is 16.5 Å². The lowest BCUT2D eigenvalue weighted by atomic mass is 10.1. The van der Waals surface area contributed by atoms with Crippen LogP contribution in [-0.2, 0) is 16.1 Å². The van der Waals surface area contributed by atoms with Crippen molar-refractivity contribution in [1.29, 1.82) is 0 Å². The molecule has 3 aromatic rings. The molecule has 0 fully saturated rings. The maximum absolute atomic E-state index is 13.2. The highest BCUT2D eigenvalue weighted by molar-refractivity contribution is 6.30. The number of hydrogen-bond donors (Lipinski definition) is 2. The summed E-state index contributed by atoms with van der Waals surface area (Å²) in [6, 6.07) is 18.0. The normalized spacial score (nSPS) is 15.7. The summed E-state index contributed by atoms with van der Waals surface area (Å²) in [7, 11) is 0. The van der Waals surface area contributed by atoms with Gasteiger partial charge in [-0.25, -0.2) is 0 Å². The largest absolute Gasteiger partial charge is 0.439 e. The smallest absolute Gasteiger partial charge is 0.244 e. The van der Waals surface area contributed by atoms with Crippen molar-refractivity contribution < 1.29 is 18.7 Å². The zero-order valence-corrected chi connectivity index (χ0v) is 18.0. The van der Waals surface area contributed by atoms with Crippen molar-refractivity contribution >= 4 is 35.1 Å². The van der Waals surface area contributed by atoms with Crippen molar-refractivity contribution in [3.8, 4) is 11.6 Å². The van der Waals surface area contributed by atoms with Crippen molar-refractivity contribution in [3.05, 3.63) is 83.3 Å². The molecule has 2 heterocycles. The number of pyridine rings is 1. The second-order valence-electron chi connectivity index (χ2n) is 7.22. The third kappa shape index (κ3) is 5.45. The van der Waals surface area contributed by atoms with E-state index in [-0.39, 0.29) is 24.9 Å². The number of carbonyl (C=O) groups is 2. The van der Waals surface area contributed by atoms with Crippen LogP contribution >= 0.6 is 11.6 Å². The molecule has 3 N–H and O–H groups in total. The topological polar surface area (TPSA) is 110 Å². The number of benzene rings is 2. The van der Waals surface area contributed by atoms with E-state index in [1.807, 2.05) is 0 Å².